The third-order valence-corrected chi connectivity index (χ3v) is 7.73. The van der Waals surface area contributed by atoms with Gasteiger partial charge in [-0.3, -0.25) is 9.36 Å². The Labute approximate surface area is 240 Å². The lowest BCUT2D eigenvalue weighted by Gasteiger charge is -2.31. The van der Waals surface area contributed by atoms with E-state index >= 15 is 0 Å². The summed E-state index contributed by atoms with van der Waals surface area (Å²) in [5.41, 5.74) is 7.19. The largest absolute Gasteiger partial charge is 0.387 e. The van der Waals surface area contributed by atoms with Crippen molar-refractivity contribution >= 4 is 34.6 Å². The number of nitrogens with zero attached hydrogens (tertiary/aromatic N) is 5. The number of hydrogen-bond acceptors (Lipinski definition) is 9. The minimum Gasteiger partial charge on any atom is -0.387 e. The van der Waals surface area contributed by atoms with Crippen molar-refractivity contribution in [2.75, 3.05) is 24.1 Å². The van der Waals surface area contributed by atoms with Crippen molar-refractivity contribution in [3.63, 3.8) is 0 Å². The maximum Gasteiger partial charge on any atom is 0.321 e. The van der Waals surface area contributed by atoms with E-state index in [1.54, 1.807) is 4.90 Å². The number of nitrogens with one attached hydrogen (secondary N) is 2. The molecule has 3 aromatic rings. The van der Waals surface area contributed by atoms with Gasteiger partial charge in [-0.15, -0.1) is 0 Å². The number of benzene rings is 1. The van der Waals surface area contributed by atoms with Crippen LogP contribution in [0.1, 0.15) is 44.2 Å². The molecule has 4 atom stereocenters. The van der Waals surface area contributed by atoms with Crippen molar-refractivity contribution in [3.05, 3.63) is 42.2 Å². The number of nitrogen functional groups attached to an aromatic ring is 1. The summed E-state index contributed by atoms with van der Waals surface area (Å²) in [5, 5.41) is 26.7. The first-order valence-electron chi connectivity index (χ1n) is 13.9. The summed E-state index contributed by atoms with van der Waals surface area (Å²) in [6.07, 6.45) is 0.0737. The Hall–Kier alpha value is -4.32. The fourth-order valence-electron chi connectivity index (χ4n) is 5.15. The molecule has 14 heteroatoms. The number of rotatable bonds is 5. The topological polar surface area (TPSA) is 181 Å². The van der Waals surface area contributed by atoms with E-state index in [0.717, 1.165) is 25.7 Å². The number of aliphatic hydroxyl groups excluding tert-OH is 2. The predicted octanol–water partition coefficient (Wildman–Crippen LogP) is 1.13. The quantitative estimate of drug-likeness (QED) is 0.277. The summed E-state index contributed by atoms with van der Waals surface area (Å²) >= 11 is 0. The highest BCUT2D eigenvalue weighted by Crippen LogP contribution is 2.33. The van der Waals surface area contributed by atoms with Crippen LogP contribution in [0.4, 0.5) is 20.7 Å². The number of amides is 3. The van der Waals surface area contributed by atoms with Gasteiger partial charge in [-0.1, -0.05) is 5.92 Å². The number of carbonyl (C=O) groups is 2. The monoisotopic (exact) mass is 578 g/mol. The minimum atomic E-state index is -1.43. The van der Waals surface area contributed by atoms with E-state index in [0.29, 0.717) is 25.2 Å². The number of piperidine rings is 1. The van der Waals surface area contributed by atoms with Gasteiger partial charge in [0.15, 0.2) is 23.8 Å². The maximum absolute atomic E-state index is 13.1. The normalized spacial score (nSPS) is 24.3. The third-order valence-electron chi connectivity index (χ3n) is 7.73. The Kier molecular flexibility index (Phi) is 7.63. The number of nitrogens with two attached hydrogens (primary N) is 1. The Bertz CT molecular complexity index is 1540. The molecular formula is C28H31FN8O5. The fraction of sp³-hybridized carbons (Fsp3) is 0.464. The zero-order chi connectivity index (χ0) is 29.4. The average molecular weight is 579 g/mol. The SMILES string of the molecule is Nc1nc(C#CCC2CCN(C(=O)Nc3ccc(F)cc3)CC2)nc2c1ncn2[C@@H]1O[C@H](C(=O)NC2CC2)C(O)[C@@H]1O. The second-order valence-corrected chi connectivity index (χ2v) is 10.8. The van der Waals surface area contributed by atoms with Crippen LogP contribution < -0.4 is 16.4 Å². The number of aromatic nitrogens is 4. The Morgan fingerprint density at radius 2 is 1.83 bits per heavy atom. The van der Waals surface area contributed by atoms with E-state index in [9.17, 15) is 24.2 Å². The number of hydrogen-bond donors (Lipinski definition) is 5. The van der Waals surface area contributed by atoms with Gasteiger partial charge in [0.05, 0.1) is 6.33 Å². The molecule has 42 heavy (non-hydrogen) atoms. The molecule has 1 aromatic carbocycles. The van der Waals surface area contributed by atoms with Crippen LogP contribution in [0.5, 0.6) is 0 Å². The Morgan fingerprint density at radius 3 is 2.55 bits per heavy atom. The zero-order valence-electron chi connectivity index (χ0n) is 22.6. The fourth-order valence-corrected chi connectivity index (χ4v) is 5.15. The molecule has 6 N–H and O–H groups in total. The Balaban J connectivity index is 1.08. The lowest BCUT2D eigenvalue weighted by molar-refractivity contribution is -0.137. The zero-order valence-corrected chi connectivity index (χ0v) is 22.6. The van der Waals surface area contributed by atoms with Crippen molar-refractivity contribution in [1.29, 1.82) is 0 Å². The number of aliphatic hydroxyl groups is 2. The van der Waals surface area contributed by atoms with Crippen molar-refractivity contribution in [3.8, 4) is 11.8 Å². The summed E-state index contributed by atoms with van der Waals surface area (Å²) in [6, 6.07) is 5.49. The van der Waals surface area contributed by atoms with Gasteiger partial charge in [0, 0.05) is 31.2 Å². The number of imidazole rings is 1. The first kappa shape index (κ1) is 27.8. The van der Waals surface area contributed by atoms with Crippen LogP contribution >= 0.6 is 0 Å². The third kappa shape index (κ3) is 5.85. The number of halogens is 1. The molecule has 1 aliphatic carbocycles. The number of ether oxygens (including phenoxy) is 1. The number of likely N-dealkylation sites (tertiary alicyclic amines) is 1. The number of carbonyl (C=O) groups excluding carboxylic acids is 2. The molecule has 0 spiro atoms. The molecule has 4 heterocycles. The van der Waals surface area contributed by atoms with Crippen LogP contribution in [-0.4, -0.2) is 84.0 Å². The Morgan fingerprint density at radius 1 is 1.10 bits per heavy atom. The first-order valence-corrected chi connectivity index (χ1v) is 13.9. The van der Waals surface area contributed by atoms with Crippen LogP contribution in [0.25, 0.3) is 11.2 Å². The summed E-state index contributed by atoms with van der Waals surface area (Å²) in [4.78, 5) is 39.7. The molecule has 2 aromatic heterocycles. The molecule has 1 saturated carbocycles. The van der Waals surface area contributed by atoms with Crippen molar-refractivity contribution in [2.24, 2.45) is 5.92 Å². The number of anilines is 2. The van der Waals surface area contributed by atoms with E-state index in [1.807, 2.05) is 0 Å². The van der Waals surface area contributed by atoms with Gasteiger partial charge in [0.2, 0.25) is 5.82 Å². The summed E-state index contributed by atoms with van der Waals surface area (Å²) < 4.78 is 20.3. The molecule has 3 aliphatic rings. The molecule has 6 rings (SSSR count). The van der Waals surface area contributed by atoms with Crippen LogP contribution in [-0.2, 0) is 9.53 Å². The van der Waals surface area contributed by atoms with Gasteiger partial charge in [0.1, 0.15) is 23.5 Å². The van der Waals surface area contributed by atoms with E-state index < -0.39 is 30.4 Å². The highest BCUT2D eigenvalue weighted by atomic mass is 19.1. The van der Waals surface area contributed by atoms with Crippen LogP contribution in [0.3, 0.4) is 0 Å². The lowest BCUT2D eigenvalue weighted by Crippen LogP contribution is -2.43. The summed E-state index contributed by atoms with van der Waals surface area (Å²) in [7, 11) is 0. The maximum atomic E-state index is 13.1. The van der Waals surface area contributed by atoms with Gasteiger partial charge < -0.3 is 36.2 Å². The van der Waals surface area contributed by atoms with Gasteiger partial charge >= 0.3 is 6.03 Å². The second kappa shape index (κ2) is 11.5. The minimum absolute atomic E-state index is 0.0760. The lowest BCUT2D eigenvalue weighted by atomic mass is 9.94. The molecule has 0 bridgehead atoms. The van der Waals surface area contributed by atoms with Gasteiger partial charge in [-0.05, 0) is 61.8 Å². The van der Waals surface area contributed by atoms with Crippen LogP contribution in [0.2, 0.25) is 0 Å². The van der Waals surface area contributed by atoms with E-state index in [1.165, 1.54) is 35.2 Å². The van der Waals surface area contributed by atoms with Gasteiger partial charge in [-0.2, -0.15) is 0 Å². The number of fused-ring (bicyclic) bond motifs is 1. The molecule has 0 radical (unpaired) electrons. The average Bonchev–Trinajstić information content (AvgIpc) is 3.61. The molecule has 3 amide bonds. The van der Waals surface area contributed by atoms with Crippen molar-refractivity contribution in [1.82, 2.24) is 29.7 Å². The van der Waals surface area contributed by atoms with Crippen LogP contribution in [0.15, 0.2) is 30.6 Å². The highest BCUT2D eigenvalue weighted by molar-refractivity contribution is 5.89. The van der Waals surface area contributed by atoms with Gasteiger partial charge in [0.25, 0.3) is 5.91 Å². The number of urea groups is 1. The predicted molar refractivity (Wildman–Crippen MR) is 148 cm³/mol. The summed E-state index contributed by atoms with van der Waals surface area (Å²) in [6.45, 7) is 1.15. The molecule has 2 saturated heterocycles. The highest BCUT2D eigenvalue weighted by Gasteiger charge is 2.48. The summed E-state index contributed by atoms with van der Waals surface area (Å²) in [5.74, 6) is 5.75. The van der Waals surface area contributed by atoms with E-state index in [4.69, 9.17) is 10.5 Å². The van der Waals surface area contributed by atoms with E-state index in [2.05, 4.69) is 37.4 Å². The molecule has 220 valence electrons. The standard InChI is InChI=1S/C28H31FN8O5/c29-16-4-6-18(7-5-16)33-28(41)36-12-10-15(11-13-36)2-1-3-19-34-24(30)20-25(35-19)37(14-31-20)27-22(39)21(38)23(42-27)26(40)32-17-8-9-17/h4-7,14-15,17,21-23,27,38-39H,2,8-13H2,(H,32,40)(H,33,41)(H2,30,34,35)/t21?,22-,23-,27+/m0/s1. The second-order valence-electron chi connectivity index (χ2n) is 10.8. The first-order chi connectivity index (χ1) is 20.3. The van der Waals surface area contributed by atoms with Crippen molar-refractivity contribution < 1.29 is 28.9 Å². The molecule has 2 aliphatic heterocycles. The molecule has 13 nitrogen and oxygen atoms in total. The smallest absolute Gasteiger partial charge is 0.321 e. The molecule has 3 fully saturated rings. The van der Waals surface area contributed by atoms with Crippen LogP contribution in [0, 0.1) is 23.6 Å². The van der Waals surface area contributed by atoms with Gasteiger partial charge in [-0.25, -0.2) is 24.1 Å². The van der Waals surface area contributed by atoms with E-state index in [-0.39, 0.29) is 46.6 Å². The molecule has 1 unspecified atom stereocenters. The van der Waals surface area contributed by atoms with Crippen molar-refractivity contribution in [2.45, 2.75) is 62.7 Å². The molecular weight excluding hydrogens is 547 g/mol.